The fraction of sp³-hybridized carbons (Fsp3) is 0.750. The molecular weight excluding hydrogens is 218 g/mol. The van der Waals surface area contributed by atoms with Gasteiger partial charge in [-0.25, -0.2) is 4.98 Å². The smallest absolute Gasteiger partial charge is 0.0943 e. The van der Waals surface area contributed by atoms with E-state index in [1.54, 1.807) is 0 Å². The fourth-order valence-electron chi connectivity index (χ4n) is 2.11. The van der Waals surface area contributed by atoms with Gasteiger partial charge in [0, 0.05) is 44.0 Å². The lowest BCUT2D eigenvalue weighted by Crippen LogP contribution is -2.48. The summed E-state index contributed by atoms with van der Waals surface area (Å²) in [5, 5.41) is 6.88. The van der Waals surface area contributed by atoms with E-state index in [2.05, 4.69) is 34.4 Å². The third-order valence-corrected chi connectivity index (χ3v) is 4.13. The quantitative estimate of drug-likeness (QED) is 0.864. The van der Waals surface area contributed by atoms with Crippen molar-refractivity contribution in [3.8, 4) is 0 Å². The van der Waals surface area contributed by atoms with Crippen LogP contribution in [0.4, 0.5) is 0 Å². The zero-order valence-electron chi connectivity index (χ0n) is 10.2. The molecule has 0 saturated carbocycles. The van der Waals surface area contributed by atoms with Crippen LogP contribution >= 0.6 is 11.3 Å². The second-order valence-corrected chi connectivity index (χ2v) is 5.37. The highest BCUT2D eigenvalue weighted by molar-refractivity contribution is 7.09. The largest absolute Gasteiger partial charge is 0.314 e. The molecule has 16 heavy (non-hydrogen) atoms. The lowest BCUT2D eigenvalue weighted by molar-refractivity contribution is 0.183. The van der Waals surface area contributed by atoms with Crippen molar-refractivity contribution in [2.45, 2.75) is 32.7 Å². The topological polar surface area (TPSA) is 28.2 Å². The van der Waals surface area contributed by atoms with Crippen LogP contribution in [0.25, 0.3) is 0 Å². The van der Waals surface area contributed by atoms with E-state index in [0.29, 0.717) is 6.04 Å². The number of nitrogens with one attached hydrogen (secondary N) is 1. The van der Waals surface area contributed by atoms with Crippen molar-refractivity contribution in [1.29, 1.82) is 0 Å². The molecule has 4 heteroatoms. The minimum atomic E-state index is 0.623. The molecule has 90 valence electrons. The van der Waals surface area contributed by atoms with Crippen molar-refractivity contribution in [2.75, 3.05) is 26.2 Å². The van der Waals surface area contributed by atoms with Crippen LogP contribution in [0.3, 0.4) is 0 Å². The first kappa shape index (κ1) is 12.0. The Morgan fingerprint density at radius 1 is 1.50 bits per heavy atom. The molecule has 2 rings (SSSR count). The first-order valence-electron chi connectivity index (χ1n) is 6.17. The molecule has 0 aromatic carbocycles. The molecule has 0 radical (unpaired) electrons. The molecule has 0 aliphatic carbocycles. The average molecular weight is 239 g/mol. The molecule has 2 heterocycles. The molecule has 0 amide bonds. The number of hydrogen-bond acceptors (Lipinski definition) is 4. The number of aromatic nitrogens is 1. The summed E-state index contributed by atoms with van der Waals surface area (Å²) < 4.78 is 0. The van der Waals surface area contributed by atoms with Gasteiger partial charge < -0.3 is 5.32 Å². The Morgan fingerprint density at radius 3 is 2.88 bits per heavy atom. The second kappa shape index (κ2) is 5.75. The van der Waals surface area contributed by atoms with Gasteiger partial charge in [0.2, 0.25) is 0 Å². The van der Waals surface area contributed by atoms with E-state index in [1.807, 2.05) is 11.3 Å². The molecule has 1 saturated heterocycles. The number of piperazine rings is 1. The molecule has 1 aromatic rings. The van der Waals surface area contributed by atoms with Crippen molar-refractivity contribution in [3.63, 3.8) is 0 Å². The molecule has 1 aliphatic rings. The van der Waals surface area contributed by atoms with Crippen LogP contribution in [-0.4, -0.2) is 42.1 Å². The summed E-state index contributed by atoms with van der Waals surface area (Å²) in [6.07, 6.45) is 2.16. The first-order valence-corrected chi connectivity index (χ1v) is 7.05. The van der Waals surface area contributed by atoms with Gasteiger partial charge in [0.15, 0.2) is 0 Å². The van der Waals surface area contributed by atoms with E-state index in [4.69, 9.17) is 0 Å². The Hall–Kier alpha value is -0.450. The van der Waals surface area contributed by atoms with Gasteiger partial charge >= 0.3 is 0 Å². The Kier molecular flexibility index (Phi) is 4.32. The summed E-state index contributed by atoms with van der Waals surface area (Å²) in [5.41, 5.74) is 1.24. The predicted octanol–water partition coefficient (Wildman–Crippen LogP) is 1.54. The predicted molar refractivity (Wildman–Crippen MR) is 69.1 cm³/mol. The molecule has 0 bridgehead atoms. The number of rotatable bonds is 4. The number of nitrogens with zero attached hydrogens (tertiary/aromatic N) is 2. The SMILES string of the molecule is CCc1csc(CC(C)N2CCNCC2)n1. The maximum atomic E-state index is 4.64. The van der Waals surface area contributed by atoms with Crippen molar-refractivity contribution in [1.82, 2.24) is 15.2 Å². The minimum absolute atomic E-state index is 0.623. The van der Waals surface area contributed by atoms with Crippen LogP contribution in [0.5, 0.6) is 0 Å². The highest BCUT2D eigenvalue weighted by Crippen LogP contribution is 2.15. The number of aryl methyl sites for hydroxylation is 1. The molecule has 1 aromatic heterocycles. The van der Waals surface area contributed by atoms with Gasteiger partial charge in [-0.3, -0.25) is 4.90 Å². The third-order valence-electron chi connectivity index (χ3n) is 3.21. The van der Waals surface area contributed by atoms with E-state index in [1.165, 1.54) is 23.8 Å². The molecule has 1 atom stereocenters. The van der Waals surface area contributed by atoms with Gasteiger partial charge in [0.1, 0.15) is 0 Å². The maximum Gasteiger partial charge on any atom is 0.0943 e. The van der Waals surface area contributed by atoms with Crippen LogP contribution < -0.4 is 5.32 Å². The molecule has 1 fully saturated rings. The van der Waals surface area contributed by atoms with Gasteiger partial charge in [-0.2, -0.15) is 0 Å². The molecule has 3 nitrogen and oxygen atoms in total. The monoisotopic (exact) mass is 239 g/mol. The summed E-state index contributed by atoms with van der Waals surface area (Å²) in [5.74, 6) is 0. The first-order chi connectivity index (χ1) is 7.79. The Labute approximate surface area is 102 Å². The molecule has 1 aliphatic heterocycles. The minimum Gasteiger partial charge on any atom is -0.314 e. The van der Waals surface area contributed by atoms with Crippen LogP contribution in [0.1, 0.15) is 24.5 Å². The maximum absolute atomic E-state index is 4.64. The fourth-order valence-corrected chi connectivity index (χ4v) is 3.11. The van der Waals surface area contributed by atoms with Gasteiger partial charge in [-0.15, -0.1) is 11.3 Å². The summed E-state index contributed by atoms with van der Waals surface area (Å²) in [6.45, 7) is 9.09. The standard InChI is InChI=1S/C12H21N3S/c1-3-11-9-16-12(14-11)8-10(2)15-6-4-13-5-7-15/h9-10,13H,3-8H2,1-2H3. The lowest BCUT2D eigenvalue weighted by Gasteiger charge is -2.32. The van der Waals surface area contributed by atoms with Crippen molar-refractivity contribution < 1.29 is 0 Å². The van der Waals surface area contributed by atoms with E-state index >= 15 is 0 Å². The van der Waals surface area contributed by atoms with Crippen molar-refractivity contribution >= 4 is 11.3 Å². The van der Waals surface area contributed by atoms with Gasteiger partial charge in [0.25, 0.3) is 0 Å². The summed E-state index contributed by atoms with van der Waals surface area (Å²) >= 11 is 1.81. The normalized spacial score (nSPS) is 19.9. The second-order valence-electron chi connectivity index (χ2n) is 4.43. The highest BCUT2D eigenvalue weighted by atomic mass is 32.1. The zero-order valence-corrected chi connectivity index (χ0v) is 11.0. The summed E-state index contributed by atoms with van der Waals surface area (Å²) in [7, 11) is 0. The van der Waals surface area contributed by atoms with Crippen LogP contribution in [0.15, 0.2) is 5.38 Å². The van der Waals surface area contributed by atoms with Gasteiger partial charge in [-0.05, 0) is 13.3 Å². The Balaban J connectivity index is 1.87. The van der Waals surface area contributed by atoms with E-state index in [0.717, 1.165) is 25.9 Å². The number of thiazole rings is 1. The Bertz CT molecular complexity index is 318. The lowest BCUT2D eigenvalue weighted by atomic mass is 10.2. The van der Waals surface area contributed by atoms with Crippen molar-refractivity contribution in [2.24, 2.45) is 0 Å². The average Bonchev–Trinajstić information content (AvgIpc) is 2.78. The zero-order chi connectivity index (χ0) is 11.4. The van der Waals surface area contributed by atoms with E-state index in [-0.39, 0.29) is 0 Å². The summed E-state index contributed by atoms with van der Waals surface area (Å²) in [4.78, 5) is 7.20. The Morgan fingerprint density at radius 2 is 2.25 bits per heavy atom. The van der Waals surface area contributed by atoms with Crippen LogP contribution in [0, 0.1) is 0 Å². The number of hydrogen-bond donors (Lipinski definition) is 1. The van der Waals surface area contributed by atoms with Crippen LogP contribution in [-0.2, 0) is 12.8 Å². The molecule has 0 spiro atoms. The van der Waals surface area contributed by atoms with Gasteiger partial charge in [-0.1, -0.05) is 6.92 Å². The third kappa shape index (κ3) is 3.03. The van der Waals surface area contributed by atoms with Gasteiger partial charge in [0.05, 0.1) is 10.7 Å². The van der Waals surface area contributed by atoms with Crippen LogP contribution in [0.2, 0.25) is 0 Å². The summed E-state index contributed by atoms with van der Waals surface area (Å²) in [6, 6.07) is 0.623. The van der Waals surface area contributed by atoms with E-state index < -0.39 is 0 Å². The molecular formula is C12H21N3S. The van der Waals surface area contributed by atoms with E-state index in [9.17, 15) is 0 Å². The van der Waals surface area contributed by atoms with Crippen molar-refractivity contribution in [3.05, 3.63) is 16.1 Å². The molecule has 1 N–H and O–H groups in total. The molecule has 1 unspecified atom stereocenters. The highest BCUT2D eigenvalue weighted by Gasteiger charge is 2.17.